The van der Waals surface area contributed by atoms with Crippen LogP contribution in [-0.4, -0.2) is 23.7 Å². The molecule has 98 valence electrons. The monoisotopic (exact) mass is 270 g/mol. The molecule has 2 rings (SSSR count). The Morgan fingerprint density at radius 2 is 1.16 bits per heavy atom. The lowest BCUT2D eigenvalue weighted by Crippen LogP contribution is -2.27. The van der Waals surface area contributed by atoms with Crippen LogP contribution in [0, 0.1) is 13.8 Å². The Morgan fingerprint density at radius 1 is 0.737 bits per heavy atom. The van der Waals surface area contributed by atoms with Crippen molar-refractivity contribution in [1.82, 2.24) is 0 Å². The van der Waals surface area contributed by atoms with E-state index < -0.39 is 0 Å². The Labute approximate surface area is 117 Å². The third-order valence-corrected chi connectivity index (χ3v) is 4.30. The van der Waals surface area contributed by atoms with E-state index in [-0.39, 0.29) is 0 Å². The average Bonchev–Trinajstić information content (AvgIpc) is 2.43. The average molecular weight is 270 g/mol. The minimum absolute atomic E-state index is 0.608. The van der Waals surface area contributed by atoms with Crippen molar-refractivity contribution in [1.29, 1.82) is 0 Å². The van der Waals surface area contributed by atoms with Gasteiger partial charge in [-0.15, -0.1) is 0 Å². The van der Waals surface area contributed by atoms with E-state index in [9.17, 15) is 0 Å². The topological polar surface area (TPSA) is 18.5 Å². The number of aryl methyl sites for hydroxylation is 2. The van der Waals surface area contributed by atoms with Crippen LogP contribution in [0.25, 0.3) is 0 Å². The van der Waals surface area contributed by atoms with Gasteiger partial charge in [0.05, 0.1) is 14.2 Å². The number of methoxy groups -OCH3 is 2. The molecule has 0 aromatic heterocycles. The van der Waals surface area contributed by atoms with Crippen LogP contribution < -0.4 is 19.8 Å². The first-order valence-corrected chi connectivity index (χ1v) is 7.20. The Bertz CT molecular complexity index is 527. The van der Waals surface area contributed by atoms with E-state index in [1.54, 1.807) is 14.2 Å². The molecule has 0 unspecified atom stereocenters. The summed E-state index contributed by atoms with van der Waals surface area (Å²) < 4.78 is 10.7. The summed E-state index contributed by atoms with van der Waals surface area (Å²) in [6.07, 6.45) is 0. The molecule has 0 aliphatic heterocycles. The van der Waals surface area contributed by atoms with Crippen molar-refractivity contribution in [2.24, 2.45) is 0 Å². The first kappa shape index (κ1) is 13.7. The molecule has 2 radical (unpaired) electrons. The fourth-order valence-corrected chi connectivity index (χ4v) is 3.04. The lowest BCUT2D eigenvalue weighted by atomic mass is 10.2. The van der Waals surface area contributed by atoms with Gasteiger partial charge in [0.15, 0.2) is 0 Å². The van der Waals surface area contributed by atoms with Crippen molar-refractivity contribution in [2.75, 3.05) is 14.2 Å². The van der Waals surface area contributed by atoms with Crippen molar-refractivity contribution >= 4 is 19.9 Å². The van der Waals surface area contributed by atoms with Gasteiger partial charge in [0.2, 0.25) is 0 Å². The standard InChI is InChI=1S/C16H18O2Si/c1-11-5-7-13(9-15(11)17-3)19-14-8-6-12(2)16(10-14)18-4/h5-10H,1-4H3. The summed E-state index contributed by atoms with van der Waals surface area (Å²) in [5, 5.41) is 2.54. The molecule has 0 aliphatic rings. The second-order valence-electron chi connectivity index (χ2n) is 4.49. The maximum atomic E-state index is 5.37. The molecule has 0 amide bonds. The van der Waals surface area contributed by atoms with Gasteiger partial charge < -0.3 is 9.47 Å². The molecule has 0 N–H and O–H groups in total. The van der Waals surface area contributed by atoms with Crippen LogP contribution in [0.3, 0.4) is 0 Å². The quantitative estimate of drug-likeness (QED) is 0.791. The lowest BCUT2D eigenvalue weighted by Gasteiger charge is -2.09. The third-order valence-electron chi connectivity index (χ3n) is 3.10. The minimum Gasteiger partial charge on any atom is -0.496 e. The molecular formula is C16H18O2Si. The van der Waals surface area contributed by atoms with Crippen LogP contribution in [0.4, 0.5) is 0 Å². The first-order valence-electron chi connectivity index (χ1n) is 6.20. The Hall–Kier alpha value is -1.74. The van der Waals surface area contributed by atoms with E-state index in [1.807, 2.05) is 0 Å². The van der Waals surface area contributed by atoms with Crippen molar-refractivity contribution < 1.29 is 9.47 Å². The van der Waals surface area contributed by atoms with Crippen molar-refractivity contribution in [2.45, 2.75) is 13.8 Å². The zero-order valence-electron chi connectivity index (χ0n) is 11.8. The summed E-state index contributed by atoms with van der Waals surface area (Å²) in [5.41, 5.74) is 2.33. The summed E-state index contributed by atoms with van der Waals surface area (Å²) in [6.45, 7) is 4.11. The van der Waals surface area contributed by atoms with E-state index in [0.717, 1.165) is 22.6 Å². The smallest absolute Gasteiger partial charge is 0.121 e. The van der Waals surface area contributed by atoms with E-state index >= 15 is 0 Å². The van der Waals surface area contributed by atoms with Crippen LogP contribution in [0.1, 0.15) is 11.1 Å². The van der Waals surface area contributed by atoms with Crippen LogP contribution in [0.2, 0.25) is 0 Å². The van der Waals surface area contributed by atoms with Crippen LogP contribution in [0.5, 0.6) is 11.5 Å². The predicted octanol–water partition coefficient (Wildman–Crippen LogP) is 1.98. The number of ether oxygens (including phenoxy) is 2. The third kappa shape index (κ3) is 3.18. The maximum absolute atomic E-state index is 5.37. The molecule has 0 bridgehead atoms. The van der Waals surface area contributed by atoms with Crippen LogP contribution in [-0.2, 0) is 0 Å². The molecule has 3 heteroatoms. The molecule has 0 saturated carbocycles. The van der Waals surface area contributed by atoms with Crippen molar-refractivity contribution in [3.63, 3.8) is 0 Å². The normalized spacial score (nSPS) is 10.3. The molecule has 0 heterocycles. The zero-order chi connectivity index (χ0) is 13.8. The molecule has 0 saturated heterocycles. The number of hydrogen-bond acceptors (Lipinski definition) is 2. The molecule has 2 aromatic rings. The highest BCUT2D eigenvalue weighted by Crippen LogP contribution is 2.15. The highest BCUT2D eigenvalue weighted by atomic mass is 28.2. The maximum Gasteiger partial charge on any atom is 0.121 e. The molecule has 0 aliphatic carbocycles. The summed E-state index contributed by atoms with van der Waals surface area (Å²) in [4.78, 5) is 0. The molecule has 0 fully saturated rings. The second kappa shape index (κ2) is 5.93. The molecule has 0 atom stereocenters. The molecule has 2 nitrogen and oxygen atoms in total. The predicted molar refractivity (Wildman–Crippen MR) is 80.5 cm³/mol. The molecule has 2 aromatic carbocycles. The highest BCUT2D eigenvalue weighted by molar-refractivity contribution is 6.67. The second-order valence-corrected chi connectivity index (χ2v) is 5.90. The van der Waals surface area contributed by atoms with E-state index in [2.05, 4.69) is 50.2 Å². The zero-order valence-corrected chi connectivity index (χ0v) is 12.8. The van der Waals surface area contributed by atoms with Crippen LogP contribution >= 0.6 is 0 Å². The van der Waals surface area contributed by atoms with Gasteiger partial charge >= 0.3 is 0 Å². The Kier molecular flexibility index (Phi) is 4.27. The van der Waals surface area contributed by atoms with E-state index in [1.165, 1.54) is 10.4 Å². The van der Waals surface area contributed by atoms with Gasteiger partial charge in [0, 0.05) is 0 Å². The summed E-state index contributed by atoms with van der Waals surface area (Å²) in [6, 6.07) is 12.7. The van der Waals surface area contributed by atoms with E-state index in [4.69, 9.17) is 9.47 Å². The van der Waals surface area contributed by atoms with Crippen LogP contribution in [0.15, 0.2) is 36.4 Å². The molecule has 0 spiro atoms. The first-order chi connectivity index (χ1) is 9.13. The van der Waals surface area contributed by atoms with Gasteiger partial charge in [0.1, 0.15) is 21.0 Å². The van der Waals surface area contributed by atoms with Gasteiger partial charge in [-0.3, -0.25) is 0 Å². The number of rotatable bonds is 4. The van der Waals surface area contributed by atoms with Gasteiger partial charge in [-0.1, -0.05) is 34.6 Å². The fraction of sp³-hybridized carbons (Fsp3) is 0.250. The van der Waals surface area contributed by atoms with Crippen molar-refractivity contribution in [3.8, 4) is 11.5 Å². The molecular weight excluding hydrogens is 252 g/mol. The molecule has 19 heavy (non-hydrogen) atoms. The number of hydrogen-bond donors (Lipinski definition) is 0. The van der Waals surface area contributed by atoms with E-state index in [0.29, 0.717) is 9.52 Å². The summed E-state index contributed by atoms with van der Waals surface area (Å²) in [7, 11) is 4.03. The largest absolute Gasteiger partial charge is 0.496 e. The van der Waals surface area contributed by atoms with Crippen molar-refractivity contribution in [3.05, 3.63) is 47.5 Å². The Morgan fingerprint density at radius 3 is 1.53 bits per heavy atom. The highest BCUT2D eigenvalue weighted by Gasteiger charge is 2.05. The SMILES string of the molecule is COc1cc([Si]c2ccc(C)c(OC)c2)ccc1C. The Balaban J connectivity index is 2.25. The fourth-order valence-electron chi connectivity index (χ4n) is 1.96. The summed E-state index contributed by atoms with van der Waals surface area (Å²) in [5.74, 6) is 1.90. The minimum atomic E-state index is 0.608. The summed E-state index contributed by atoms with van der Waals surface area (Å²) >= 11 is 0. The lowest BCUT2D eigenvalue weighted by molar-refractivity contribution is 0.412. The number of benzene rings is 2. The van der Waals surface area contributed by atoms with Gasteiger partial charge in [-0.2, -0.15) is 0 Å². The van der Waals surface area contributed by atoms with Gasteiger partial charge in [-0.05, 0) is 37.1 Å². The van der Waals surface area contributed by atoms with Gasteiger partial charge in [-0.25, -0.2) is 0 Å². The van der Waals surface area contributed by atoms with Gasteiger partial charge in [0.25, 0.3) is 0 Å².